The van der Waals surface area contributed by atoms with E-state index >= 15 is 0 Å². The van der Waals surface area contributed by atoms with Gasteiger partial charge in [0.05, 0.1) is 18.6 Å². The molecule has 0 amide bonds. The summed E-state index contributed by atoms with van der Waals surface area (Å²) in [6, 6.07) is 0. The lowest BCUT2D eigenvalue weighted by molar-refractivity contribution is -0.204. The molecule has 0 bridgehead atoms. The van der Waals surface area contributed by atoms with Gasteiger partial charge in [-0.25, -0.2) is 0 Å². The van der Waals surface area contributed by atoms with Crippen LogP contribution in [-0.4, -0.2) is 30.1 Å². The molecule has 2 fully saturated rings. The van der Waals surface area contributed by atoms with E-state index in [1.165, 1.54) is 0 Å². The molecular formula is C11H16O4. The van der Waals surface area contributed by atoms with Crippen LogP contribution in [0, 0.1) is 10.8 Å². The van der Waals surface area contributed by atoms with Crippen molar-refractivity contribution in [2.45, 2.75) is 32.6 Å². The highest BCUT2D eigenvalue weighted by molar-refractivity contribution is 5.84. The molecule has 1 heterocycles. The largest absolute Gasteiger partial charge is 0.481 e. The van der Waals surface area contributed by atoms with E-state index in [0.29, 0.717) is 38.9 Å². The lowest BCUT2D eigenvalue weighted by atomic mass is 9.56. The number of hydrogen-bond acceptors (Lipinski definition) is 3. The molecule has 1 saturated heterocycles. The molecule has 4 nitrogen and oxygen atoms in total. The molecule has 2 rings (SSSR count). The van der Waals surface area contributed by atoms with Crippen LogP contribution in [0.1, 0.15) is 32.6 Å². The molecule has 0 aromatic heterocycles. The van der Waals surface area contributed by atoms with E-state index in [1.54, 1.807) is 0 Å². The van der Waals surface area contributed by atoms with Crippen molar-refractivity contribution in [3.05, 3.63) is 0 Å². The normalized spacial score (nSPS) is 28.2. The van der Waals surface area contributed by atoms with E-state index in [0.717, 1.165) is 0 Å². The fourth-order valence-electron chi connectivity index (χ4n) is 2.72. The van der Waals surface area contributed by atoms with E-state index in [1.807, 2.05) is 6.92 Å². The van der Waals surface area contributed by atoms with Gasteiger partial charge in [0.25, 0.3) is 0 Å². The van der Waals surface area contributed by atoms with Crippen molar-refractivity contribution in [2.24, 2.45) is 10.8 Å². The second-order valence-electron chi connectivity index (χ2n) is 4.98. The van der Waals surface area contributed by atoms with E-state index in [-0.39, 0.29) is 11.2 Å². The Balaban J connectivity index is 2.25. The standard InChI is InChI=1S/C11H16O4/c1-10(6-15-7-10)11(9(13)14)4-2-8(12)3-5-11/h2-7H2,1H3,(H,13,14). The second-order valence-corrected chi connectivity index (χ2v) is 4.98. The maximum Gasteiger partial charge on any atom is 0.310 e. The van der Waals surface area contributed by atoms with Gasteiger partial charge in [-0.15, -0.1) is 0 Å². The lowest BCUT2D eigenvalue weighted by Gasteiger charge is -2.52. The second kappa shape index (κ2) is 3.30. The highest BCUT2D eigenvalue weighted by Gasteiger charge is 2.58. The van der Waals surface area contributed by atoms with Gasteiger partial charge in [0.1, 0.15) is 5.78 Å². The van der Waals surface area contributed by atoms with Crippen molar-refractivity contribution in [2.75, 3.05) is 13.2 Å². The number of Topliss-reactive ketones (excluding diaryl/α,β-unsaturated/α-hetero) is 1. The van der Waals surface area contributed by atoms with Crippen LogP contribution in [0.3, 0.4) is 0 Å². The van der Waals surface area contributed by atoms with Gasteiger partial charge in [-0.2, -0.15) is 0 Å². The van der Waals surface area contributed by atoms with E-state index in [2.05, 4.69) is 0 Å². The monoisotopic (exact) mass is 212 g/mol. The number of carbonyl (C=O) groups is 2. The first-order valence-electron chi connectivity index (χ1n) is 5.33. The minimum absolute atomic E-state index is 0.190. The molecule has 84 valence electrons. The highest BCUT2D eigenvalue weighted by Crippen LogP contribution is 2.53. The van der Waals surface area contributed by atoms with Crippen LogP contribution < -0.4 is 0 Å². The third kappa shape index (κ3) is 1.39. The topological polar surface area (TPSA) is 63.6 Å². The zero-order valence-corrected chi connectivity index (χ0v) is 8.91. The van der Waals surface area contributed by atoms with Gasteiger partial charge >= 0.3 is 5.97 Å². The van der Waals surface area contributed by atoms with E-state index in [4.69, 9.17) is 4.74 Å². The fourth-order valence-corrected chi connectivity index (χ4v) is 2.72. The first kappa shape index (κ1) is 10.6. The van der Waals surface area contributed by atoms with Crippen molar-refractivity contribution >= 4 is 11.8 Å². The van der Waals surface area contributed by atoms with E-state index < -0.39 is 11.4 Å². The maximum absolute atomic E-state index is 11.5. The number of carbonyl (C=O) groups excluding carboxylic acids is 1. The van der Waals surface area contributed by atoms with Gasteiger partial charge in [-0.3, -0.25) is 9.59 Å². The SMILES string of the molecule is CC1(C2(C(=O)O)CCC(=O)CC2)COC1. The summed E-state index contributed by atoms with van der Waals surface area (Å²) in [7, 11) is 0. The van der Waals surface area contributed by atoms with Gasteiger partial charge in [-0.05, 0) is 12.8 Å². The first-order chi connectivity index (χ1) is 7.00. The summed E-state index contributed by atoms with van der Waals surface area (Å²) in [6.07, 6.45) is 1.76. The Morgan fingerprint density at radius 2 is 1.87 bits per heavy atom. The van der Waals surface area contributed by atoms with Crippen molar-refractivity contribution in [1.29, 1.82) is 0 Å². The summed E-state index contributed by atoms with van der Waals surface area (Å²) in [5.41, 5.74) is -1.02. The predicted molar refractivity (Wildman–Crippen MR) is 52.5 cm³/mol. The van der Waals surface area contributed by atoms with Crippen molar-refractivity contribution in [1.82, 2.24) is 0 Å². The third-order valence-corrected chi connectivity index (χ3v) is 4.07. The lowest BCUT2D eigenvalue weighted by Crippen LogP contribution is -2.58. The molecule has 0 spiro atoms. The van der Waals surface area contributed by atoms with E-state index in [9.17, 15) is 14.7 Å². The molecule has 15 heavy (non-hydrogen) atoms. The Hall–Kier alpha value is -0.900. The summed E-state index contributed by atoms with van der Waals surface area (Å²) < 4.78 is 5.14. The summed E-state index contributed by atoms with van der Waals surface area (Å²) in [5.74, 6) is -0.573. The van der Waals surface area contributed by atoms with Crippen LogP contribution in [0.5, 0.6) is 0 Å². The zero-order chi connectivity index (χ0) is 11.1. The van der Waals surface area contributed by atoms with Crippen molar-refractivity contribution in [3.63, 3.8) is 0 Å². The Kier molecular flexibility index (Phi) is 2.34. The summed E-state index contributed by atoms with van der Waals surface area (Å²) in [6.45, 7) is 2.97. The van der Waals surface area contributed by atoms with Crippen LogP contribution >= 0.6 is 0 Å². The Labute approximate surface area is 88.6 Å². The molecule has 0 atom stereocenters. The minimum atomic E-state index is -0.763. The Morgan fingerprint density at radius 3 is 2.20 bits per heavy atom. The average Bonchev–Trinajstić information content (AvgIpc) is 2.15. The van der Waals surface area contributed by atoms with Crippen molar-refractivity contribution < 1.29 is 19.4 Å². The number of ketones is 1. The van der Waals surface area contributed by atoms with Gasteiger partial charge in [0, 0.05) is 18.3 Å². The summed E-state index contributed by atoms with van der Waals surface area (Å²) >= 11 is 0. The van der Waals surface area contributed by atoms with Crippen LogP contribution in [0.4, 0.5) is 0 Å². The molecular weight excluding hydrogens is 196 g/mol. The number of hydrogen-bond donors (Lipinski definition) is 1. The molecule has 0 aromatic carbocycles. The molecule has 0 unspecified atom stereocenters. The summed E-state index contributed by atoms with van der Waals surface area (Å²) in [4.78, 5) is 22.6. The van der Waals surface area contributed by atoms with Gasteiger partial charge in [-0.1, -0.05) is 6.92 Å². The number of carboxylic acid groups (broad SMARTS) is 1. The van der Waals surface area contributed by atoms with Crippen LogP contribution in [-0.2, 0) is 14.3 Å². The van der Waals surface area contributed by atoms with Crippen LogP contribution in [0.2, 0.25) is 0 Å². The number of carboxylic acids is 1. The Bertz CT molecular complexity index is 294. The maximum atomic E-state index is 11.5. The number of rotatable bonds is 2. The predicted octanol–water partition coefficient (Wildman–Crippen LogP) is 1.24. The molecule has 0 radical (unpaired) electrons. The van der Waals surface area contributed by atoms with Gasteiger partial charge in [0.15, 0.2) is 0 Å². The number of aliphatic carboxylic acids is 1. The highest BCUT2D eigenvalue weighted by atomic mass is 16.5. The smallest absolute Gasteiger partial charge is 0.310 e. The number of ether oxygens (including phenoxy) is 1. The minimum Gasteiger partial charge on any atom is -0.481 e. The quantitative estimate of drug-likeness (QED) is 0.748. The first-order valence-corrected chi connectivity index (χ1v) is 5.33. The van der Waals surface area contributed by atoms with Gasteiger partial charge in [0.2, 0.25) is 0 Å². The fraction of sp³-hybridized carbons (Fsp3) is 0.818. The Morgan fingerprint density at radius 1 is 1.33 bits per heavy atom. The van der Waals surface area contributed by atoms with Gasteiger partial charge < -0.3 is 9.84 Å². The molecule has 4 heteroatoms. The third-order valence-electron chi connectivity index (χ3n) is 4.07. The summed E-state index contributed by atoms with van der Waals surface area (Å²) in [5, 5.41) is 9.41. The molecule has 1 aliphatic carbocycles. The average molecular weight is 212 g/mol. The van der Waals surface area contributed by atoms with Crippen LogP contribution in [0.25, 0.3) is 0 Å². The molecule has 0 aromatic rings. The molecule has 1 saturated carbocycles. The zero-order valence-electron chi connectivity index (χ0n) is 8.91. The van der Waals surface area contributed by atoms with Crippen LogP contribution in [0.15, 0.2) is 0 Å². The van der Waals surface area contributed by atoms with Crippen molar-refractivity contribution in [3.8, 4) is 0 Å². The molecule has 1 aliphatic heterocycles. The molecule has 1 N–H and O–H groups in total. The molecule has 2 aliphatic rings.